The highest BCUT2D eigenvalue weighted by atomic mass is 79.9. The highest BCUT2D eigenvalue weighted by molar-refractivity contribution is 9.10. The largest absolute Gasteiger partial charge is 0.476 e. The molecule has 2 unspecified atom stereocenters. The Morgan fingerprint density at radius 1 is 0.857 bits per heavy atom. The lowest BCUT2D eigenvalue weighted by molar-refractivity contribution is -0.141. The van der Waals surface area contributed by atoms with E-state index < -0.39 is 11.7 Å². The zero-order valence-electron chi connectivity index (χ0n) is 28.7. The second-order valence-corrected chi connectivity index (χ2v) is 15.2. The molecule has 0 aromatic heterocycles. The molecule has 0 radical (unpaired) electrons. The van der Waals surface area contributed by atoms with Gasteiger partial charge >= 0.3 is 6.09 Å². The van der Waals surface area contributed by atoms with E-state index in [1.165, 1.54) is 0 Å². The van der Waals surface area contributed by atoms with Gasteiger partial charge in [0, 0.05) is 73.6 Å². The molecule has 6 rings (SSSR count). The minimum Gasteiger partial charge on any atom is -0.476 e. The van der Waals surface area contributed by atoms with Crippen LogP contribution in [0.3, 0.4) is 0 Å². The maximum Gasteiger partial charge on any atom is 0.410 e. The van der Waals surface area contributed by atoms with Crippen LogP contribution in [0.4, 0.5) is 10.5 Å². The Labute approximate surface area is 298 Å². The fourth-order valence-electron chi connectivity index (χ4n) is 6.59. The SMILES string of the molecule is CC(C)(C)OC(=O)N1CCN(C(=O)C(Oc2cccc(N3CCCC(C(=O)N(Cc4ccc(Br)cc4)C4CC4)C3)c2)c2ccccc2)CC1. The molecular formula is C39H47BrN4O5. The number of carbonyl (C=O) groups excluding carboxylic acids is 3. The molecule has 3 aromatic carbocycles. The lowest BCUT2D eigenvalue weighted by atomic mass is 9.95. The number of piperidine rings is 1. The molecule has 2 saturated heterocycles. The van der Waals surface area contributed by atoms with Crippen LogP contribution < -0.4 is 9.64 Å². The van der Waals surface area contributed by atoms with Crippen LogP contribution in [0.5, 0.6) is 5.75 Å². The van der Waals surface area contributed by atoms with Crippen LogP contribution >= 0.6 is 15.9 Å². The number of benzene rings is 3. The number of amides is 3. The van der Waals surface area contributed by atoms with Crippen LogP contribution in [0, 0.1) is 5.92 Å². The molecule has 2 heterocycles. The van der Waals surface area contributed by atoms with Crippen molar-refractivity contribution in [1.29, 1.82) is 0 Å². The highest BCUT2D eigenvalue weighted by Crippen LogP contribution is 2.34. The Morgan fingerprint density at radius 2 is 1.55 bits per heavy atom. The minimum absolute atomic E-state index is 0.0765. The lowest BCUT2D eigenvalue weighted by Gasteiger charge is -2.37. The third-order valence-corrected chi connectivity index (χ3v) is 9.84. The number of piperazine rings is 1. The Kier molecular flexibility index (Phi) is 10.8. The zero-order chi connectivity index (χ0) is 34.5. The summed E-state index contributed by atoms with van der Waals surface area (Å²) in [4.78, 5) is 48.3. The molecule has 0 N–H and O–H groups in total. The van der Waals surface area contributed by atoms with Crippen molar-refractivity contribution >= 4 is 39.5 Å². The zero-order valence-corrected chi connectivity index (χ0v) is 30.3. The highest BCUT2D eigenvalue weighted by Gasteiger charge is 2.38. The monoisotopic (exact) mass is 730 g/mol. The van der Waals surface area contributed by atoms with Crippen molar-refractivity contribution in [3.63, 3.8) is 0 Å². The van der Waals surface area contributed by atoms with Crippen molar-refractivity contribution in [1.82, 2.24) is 14.7 Å². The molecule has 0 spiro atoms. The van der Waals surface area contributed by atoms with E-state index in [1.807, 2.05) is 81.4 Å². The van der Waals surface area contributed by atoms with E-state index in [4.69, 9.17) is 9.47 Å². The topological polar surface area (TPSA) is 82.6 Å². The van der Waals surface area contributed by atoms with E-state index >= 15 is 0 Å². The molecule has 1 aliphatic carbocycles. The van der Waals surface area contributed by atoms with Crippen molar-refractivity contribution in [3.05, 3.63) is 94.5 Å². The van der Waals surface area contributed by atoms with Crippen molar-refractivity contribution in [2.45, 2.75) is 70.7 Å². The summed E-state index contributed by atoms with van der Waals surface area (Å²) < 4.78 is 13.1. The summed E-state index contributed by atoms with van der Waals surface area (Å²) in [7, 11) is 0. The van der Waals surface area contributed by atoms with E-state index in [0.717, 1.165) is 53.5 Å². The van der Waals surface area contributed by atoms with Crippen molar-refractivity contribution in [2.75, 3.05) is 44.2 Å². The Balaban J connectivity index is 1.12. The predicted molar refractivity (Wildman–Crippen MR) is 193 cm³/mol. The molecule has 3 fully saturated rings. The third kappa shape index (κ3) is 9.15. The Hall–Kier alpha value is -4.05. The van der Waals surface area contributed by atoms with Crippen LogP contribution in [0.2, 0.25) is 0 Å². The van der Waals surface area contributed by atoms with Gasteiger partial charge in [0.2, 0.25) is 12.0 Å². The fourth-order valence-corrected chi connectivity index (χ4v) is 6.85. The van der Waals surface area contributed by atoms with Crippen molar-refractivity contribution in [2.24, 2.45) is 5.92 Å². The summed E-state index contributed by atoms with van der Waals surface area (Å²) >= 11 is 3.51. The second-order valence-electron chi connectivity index (χ2n) is 14.3. The van der Waals surface area contributed by atoms with Crippen molar-refractivity contribution < 1.29 is 23.9 Å². The van der Waals surface area contributed by atoms with Gasteiger partial charge in [-0.1, -0.05) is 64.5 Å². The molecule has 0 bridgehead atoms. The normalized spacial score (nSPS) is 18.9. The van der Waals surface area contributed by atoms with Crippen LogP contribution in [-0.4, -0.2) is 83.5 Å². The number of ether oxygens (including phenoxy) is 2. The van der Waals surface area contributed by atoms with Crippen LogP contribution in [-0.2, 0) is 20.9 Å². The second kappa shape index (κ2) is 15.2. The van der Waals surface area contributed by atoms with E-state index in [2.05, 4.69) is 43.9 Å². The molecule has 10 heteroatoms. The fraction of sp³-hybridized carbons (Fsp3) is 0.462. The molecule has 3 aliphatic rings. The van der Waals surface area contributed by atoms with Gasteiger partial charge in [0.25, 0.3) is 5.91 Å². The molecule has 3 amide bonds. The quantitative estimate of drug-likeness (QED) is 0.235. The standard InChI is InChI=1S/C39H47BrN4O5/c1-39(2,3)49-38(47)42-23-21-41(22-24-42)37(46)35(29-9-5-4-6-10-29)48-34-13-7-12-33(25-34)43-20-8-11-30(27-43)36(45)44(32-18-19-32)26-28-14-16-31(40)17-15-28/h4-7,9-10,12-17,25,30,32,35H,8,11,18-24,26-27H2,1-3H3. The Morgan fingerprint density at radius 3 is 2.22 bits per heavy atom. The van der Waals surface area contributed by atoms with Gasteiger partial charge in [-0.05, 0) is 76.3 Å². The number of halogens is 1. The van der Waals surface area contributed by atoms with E-state index in [-0.39, 0.29) is 23.8 Å². The maximum absolute atomic E-state index is 14.0. The summed E-state index contributed by atoms with van der Waals surface area (Å²) in [6.45, 7) is 9.27. The summed E-state index contributed by atoms with van der Waals surface area (Å²) in [5, 5.41) is 0. The molecule has 1 saturated carbocycles. The summed E-state index contributed by atoms with van der Waals surface area (Å²) in [6.07, 6.45) is 2.74. The van der Waals surface area contributed by atoms with E-state index in [9.17, 15) is 14.4 Å². The third-order valence-electron chi connectivity index (χ3n) is 9.31. The maximum atomic E-state index is 14.0. The number of nitrogens with zero attached hydrogens (tertiary/aromatic N) is 4. The summed E-state index contributed by atoms with van der Waals surface area (Å²) in [5.74, 6) is 0.613. The van der Waals surface area contributed by atoms with Gasteiger partial charge in [0.1, 0.15) is 11.4 Å². The number of hydrogen-bond acceptors (Lipinski definition) is 6. The summed E-state index contributed by atoms with van der Waals surface area (Å²) in [6, 6.07) is 26.0. The molecule has 3 aromatic rings. The minimum atomic E-state index is -0.842. The van der Waals surface area contributed by atoms with Crippen LogP contribution in [0.1, 0.15) is 63.7 Å². The first-order valence-corrected chi connectivity index (χ1v) is 18.2. The van der Waals surface area contributed by atoms with Gasteiger partial charge in [-0.2, -0.15) is 0 Å². The lowest BCUT2D eigenvalue weighted by Crippen LogP contribution is -2.53. The van der Waals surface area contributed by atoms with Gasteiger partial charge in [0.15, 0.2) is 0 Å². The molecule has 9 nitrogen and oxygen atoms in total. The average molecular weight is 732 g/mol. The van der Waals surface area contributed by atoms with Crippen LogP contribution in [0.25, 0.3) is 0 Å². The molecule has 260 valence electrons. The molecule has 49 heavy (non-hydrogen) atoms. The van der Waals surface area contributed by atoms with E-state index in [1.54, 1.807) is 9.80 Å². The Bertz CT molecular complexity index is 1600. The number of rotatable bonds is 9. The van der Waals surface area contributed by atoms with Gasteiger partial charge in [-0.15, -0.1) is 0 Å². The van der Waals surface area contributed by atoms with E-state index in [0.29, 0.717) is 51.1 Å². The summed E-state index contributed by atoms with van der Waals surface area (Å²) in [5.41, 5.74) is 2.31. The number of hydrogen-bond donors (Lipinski definition) is 0. The van der Waals surface area contributed by atoms with Gasteiger partial charge in [-0.25, -0.2) is 4.79 Å². The van der Waals surface area contributed by atoms with Gasteiger partial charge in [-0.3, -0.25) is 9.59 Å². The smallest absolute Gasteiger partial charge is 0.410 e. The van der Waals surface area contributed by atoms with Gasteiger partial charge in [0.05, 0.1) is 5.92 Å². The van der Waals surface area contributed by atoms with Crippen LogP contribution in [0.15, 0.2) is 83.3 Å². The molecule has 2 aliphatic heterocycles. The van der Waals surface area contributed by atoms with Gasteiger partial charge < -0.3 is 29.1 Å². The first-order chi connectivity index (χ1) is 23.5. The molecular weight excluding hydrogens is 684 g/mol. The number of anilines is 1. The molecule has 2 atom stereocenters. The average Bonchev–Trinajstić information content (AvgIpc) is 3.95. The first kappa shape index (κ1) is 34.8. The van der Waals surface area contributed by atoms with Crippen molar-refractivity contribution in [3.8, 4) is 5.75 Å². The predicted octanol–water partition coefficient (Wildman–Crippen LogP) is 7.06. The first-order valence-electron chi connectivity index (χ1n) is 17.4. The number of carbonyl (C=O) groups is 3.